The first-order valence-corrected chi connectivity index (χ1v) is 5.54. The molecule has 0 fully saturated rings. The van der Waals surface area contributed by atoms with E-state index >= 15 is 0 Å². The minimum atomic E-state index is -0.661. The van der Waals surface area contributed by atoms with Gasteiger partial charge < -0.3 is 14.6 Å². The molecule has 0 saturated heterocycles. The van der Waals surface area contributed by atoms with Gasteiger partial charge >= 0.3 is 6.16 Å². The van der Waals surface area contributed by atoms with Crippen molar-refractivity contribution >= 4 is 6.16 Å². The van der Waals surface area contributed by atoms with Crippen LogP contribution >= 0.6 is 0 Å². The largest absolute Gasteiger partial charge is 0.509 e. The SMILES string of the molecule is C[C@H]1C[C@H](OC(=O)OC(C)(C)C)C=C[C@@H]1O. The van der Waals surface area contributed by atoms with Gasteiger partial charge in [0.2, 0.25) is 0 Å². The molecule has 0 unspecified atom stereocenters. The second kappa shape index (κ2) is 4.87. The summed E-state index contributed by atoms with van der Waals surface area (Å²) in [7, 11) is 0. The molecule has 1 rings (SSSR count). The summed E-state index contributed by atoms with van der Waals surface area (Å²) in [5.41, 5.74) is -0.541. The molecule has 0 aliphatic heterocycles. The van der Waals surface area contributed by atoms with Gasteiger partial charge in [-0.2, -0.15) is 0 Å². The molecule has 0 aromatic carbocycles. The van der Waals surface area contributed by atoms with Crippen molar-refractivity contribution in [2.75, 3.05) is 0 Å². The Morgan fingerprint density at radius 2 is 2.00 bits per heavy atom. The highest BCUT2D eigenvalue weighted by atomic mass is 16.7. The van der Waals surface area contributed by atoms with Crippen LogP contribution in [0.3, 0.4) is 0 Å². The molecule has 0 radical (unpaired) electrons. The predicted octanol–water partition coefficient (Wildman–Crippen LogP) is 2.26. The zero-order valence-electron chi connectivity index (χ0n) is 10.3. The number of carbonyl (C=O) groups excluding carboxylic acids is 1. The van der Waals surface area contributed by atoms with E-state index < -0.39 is 17.9 Å². The molecule has 4 nitrogen and oxygen atoms in total. The molecule has 0 amide bonds. The molecular formula is C12H20O4. The molecular weight excluding hydrogens is 208 g/mol. The van der Waals surface area contributed by atoms with Gasteiger partial charge in [0.05, 0.1) is 6.10 Å². The molecule has 16 heavy (non-hydrogen) atoms. The highest BCUT2D eigenvalue weighted by Crippen LogP contribution is 2.21. The van der Waals surface area contributed by atoms with Gasteiger partial charge in [0.1, 0.15) is 11.7 Å². The lowest BCUT2D eigenvalue weighted by Crippen LogP contribution is -2.31. The topological polar surface area (TPSA) is 55.8 Å². The van der Waals surface area contributed by atoms with E-state index in [9.17, 15) is 9.90 Å². The smallest absolute Gasteiger partial charge is 0.429 e. The van der Waals surface area contributed by atoms with Crippen LogP contribution in [-0.2, 0) is 9.47 Å². The van der Waals surface area contributed by atoms with Crippen LogP contribution in [0.25, 0.3) is 0 Å². The third-order valence-corrected chi connectivity index (χ3v) is 2.35. The summed E-state index contributed by atoms with van der Waals surface area (Å²) in [6, 6.07) is 0. The van der Waals surface area contributed by atoms with Crippen LogP contribution in [-0.4, -0.2) is 29.1 Å². The van der Waals surface area contributed by atoms with Crippen LogP contribution < -0.4 is 0 Å². The summed E-state index contributed by atoms with van der Waals surface area (Å²) < 4.78 is 10.2. The highest BCUT2D eigenvalue weighted by Gasteiger charge is 2.26. The van der Waals surface area contributed by atoms with Crippen LogP contribution in [0.15, 0.2) is 12.2 Å². The van der Waals surface area contributed by atoms with Gasteiger partial charge in [-0.25, -0.2) is 4.79 Å². The van der Waals surface area contributed by atoms with Gasteiger partial charge in [-0.15, -0.1) is 0 Å². The van der Waals surface area contributed by atoms with Crippen molar-refractivity contribution in [1.82, 2.24) is 0 Å². The Labute approximate surface area is 96.2 Å². The Balaban J connectivity index is 2.44. The fraction of sp³-hybridized carbons (Fsp3) is 0.750. The van der Waals surface area contributed by atoms with Crippen molar-refractivity contribution in [3.63, 3.8) is 0 Å². The van der Waals surface area contributed by atoms with E-state index in [1.54, 1.807) is 32.9 Å². The van der Waals surface area contributed by atoms with Gasteiger partial charge in [-0.05, 0) is 39.2 Å². The lowest BCUT2D eigenvalue weighted by atomic mass is 9.92. The lowest BCUT2D eigenvalue weighted by molar-refractivity contribution is -0.0265. The molecule has 92 valence electrons. The zero-order chi connectivity index (χ0) is 12.3. The second-order valence-electron chi connectivity index (χ2n) is 5.21. The van der Waals surface area contributed by atoms with Gasteiger partial charge in [0, 0.05) is 0 Å². The molecule has 3 atom stereocenters. The minimum Gasteiger partial charge on any atom is -0.429 e. The Kier molecular flexibility index (Phi) is 3.97. The minimum absolute atomic E-state index is 0.0948. The molecule has 1 aliphatic carbocycles. The Morgan fingerprint density at radius 1 is 1.38 bits per heavy atom. The molecule has 4 heteroatoms. The van der Waals surface area contributed by atoms with Crippen molar-refractivity contribution in [3.05, 3.63) is 12.2 Å². The van der Waals surface area contributed by atoms with Crippen LogP contribution in [0.1, 0.15) is 34.1 Å². The summed E-state index contributed by atoms with van der Waals surface area (Å²) in [5.74, 6) is 0.0948. The van der Waals surface area contributed by atoms with Crippen molar-refractivity contribution < 1.29 is 19.4 Å². The standard InChI is InChI=1S/C12H20O4/c1-8-7-9(5-6-10(8)13)15-11(14)16-12(2,3)4/h5-6,8-10,13H,7H2,1-4H3/t8-,9+,10-/m0/s1. The van der Waals surface area contributed by atoms with Gasteiger partial charge in [0.15, 0.2) is 0 Å². The van der Waals surface area contributed by atoms with Crippen LogP contribution in [0.4, 0.5) is 4.79 Å². The molecule has 0 heterocycles. The third-order valence-electron chi connectivity index (χ3n) is 2.35. The number of hydrogen-bond acceptors (Lipinski definition) is 4. The average Bonchev–Trinajstić information content (AvgIpc) is 2.08. The van der Waals surface area contributed by atoms with Crippen molar-refractivity contribution in [3.8, 4) is 0 Å². The maximum atomic E-state index is 11.4. The maximum absolute atomic E-state index is 11.4. The second-order valence-corrected chi connectivity index (χ2v) is 5.21. The van der Waals surface area contributed by atoms with E-state index in [2.05, 4.69) is 0 Å². The van der Waals surface area contributed by atoms with E-state index in [-0.39, 0.29) is 12.0 Å². The maximum Gasteiger partial charge on any atom is 0.509 e. The zero-order valence-corrected chi connectivity index (χ0v) is 10.3. The van der Waals surface area contributed by atoms with Gasteiger partial charge in [-0.1, -0.05) is 13.0 Å². The molecule has 0 aromatic heterocycles. The van der Waals surface area contributed by atoms with Gasteiger partial charge in [-0.3, -0.25) is 0 Å². The normalized spacial score (nSPS) is 29.9. The van der Waals surface area contributed by atoms with E-state index in [1.165, 1.54) is 0 Å². The Bertz CT molecular complexity index is 277. The highest BCUT2D eigenvalue weighted by molar-refractivity contribution is 5.61. The summed E-state index contributed by atoms with van der Waals surface area (Å²) in [4.78, 5) is 11.4. The molecule has 0 aromatic rings. The van der Waals surface area contributed by atoms with Crippen LogP contribution in [0.5, 0.6) is 0 Å². The number of ether oxygens (including phenoxy) is 2. The Morgan fingerprint density at radius 3 is 2.50 bits per heavy atom. The fourth-order valence-corrected chi connectivity index (χ4v) is 1.50. The average molecular weight is 228 g/mol. The van der Waals surface area contributed by atoms with Gasteiger partial charge in [0.25, 0.3) is 0 Å². The van der Waals surface area contributed by atoms with Crippen molar-refractivity contribution in [2.24, 2.45) is 5.92 Å². The quantitative estimate of drug-likeness (QED) is 0.552. The monoisotopic (exact) mass is 228 g/mol. The van der Waals surface area contributed by atoms with Crippen molar-refractivity contribution in [1.29, 1.82) is 0 Å². The first-order chi connectivity index (χ1) is 7.28. The summed E-state index contributed by atoms with van der Waals surface area (Å²) in [5, 5.41) is 9.46. The Hall–Kier alpha value is -1.03. The third kappa shape index (κ3) is 4.23. The first-order valence-electron chi connectivity index (χ1n) is 5.54. The number of aliphatic hydroxyl groups excluding tert-OH is 1. The summed E-state index contributed by atoms with van der Waals surface area (Å²) >= 11 is 0. The number of carbonyl (C=O) groups is 1. The van der Waals surface area contributed by atoms with E-state index in [0.717, 1.165) is 0 Å². The van der Waals surface area contributed by atoms with Crippen molar-refractivity contribution in [2.45, 2.75) is 51.9 Å². The molecule has 1 aliphatic rings. The number of aliphatic hydroxyl groups is 1. The first kappa shape index (κ1) is 13.0. The predicted molar refractivity (Wildman–Crippen MR) is 60.0 cm³/mol. The van der Waals surface area contributed by atoms with Crippen LogP contribution in [0, 0.1) is 5.92 Å². The number of rotatable bonds is 1. The number of hydrogen-bond donors (Lipinski definition) is 1. The summed E-state index contributed by atoms with van der Waals surface area (Å²) in [6.07, 6.45) is 2.58. The summed E-state index contributed by atoms with van der Waals surface area (Å²) in [6.45, 7) is 7.28. The molecule has 1 N–H and O–H groups in total. The molecule has 0 bridgehead atoms. The van der Waals surface area contributed by atoms with E-state index in [1.807, 2.05) is 6.92 Å². The molecule has 0 spiro atoms. The molecule has 0 saturated carbocycles. The fourth-order valence-electron chi connectivity index (χ4n) is 1.50. The van der Waals surface area contributed by atoms with Crippen LogP contribution in [0.2, 0.25) is 0 Å². The lowest BCUT2D eigenvalue weighted by Gasteiger charge is -2.27. The van der Waals surface area contributed by atoms with E-state index in [0.29, 0.717) is 6.42 Å². The van der Waals surface area contributed by atoms with E-state index in [4.69, 9.17) is 9.47 Å².